The predicted molar refractivity (Wildman–Crippen MR) is 100 cm³/mol. The Morgan fingerprint density at radius 1 is 1.29 bits per heavy atom. The minimum absolute atomic E-state index is 0.140. The molecule has 28 heavy (non-hydrogen) atoms. The third-order valence-corrected chi connectivity index (χ3v) is 5.85. The summed E-state index contributed by atoms with van der Waals surface area (Å²) < 4.78 is 51.0. The number of anilines is 1. The van der Waals surface area contributed by atoms with Gasteiger partial charge >= 0.3 is 0 Å². The van der Waals surface area contributed by atoms with Crippen LogP contribution in [0.25, 0.3) is 0 Å². The Labute approximate surface area is 162 Å². The van der Waals surface area contributed by atoms with Crippen LogP contribution < -0.4 is 10.5 Å². The lowest BCUT2D eigenvalue weighted by Gasteiger charge is -2.36. The van der Waals surface area contributed by atoms with Crippen molar-refractivity contribution in [2.75, 3.05) is 5.32 Å². The van der Waals surface area contributed by atoms with Crippen molar-refractivity contribution in [2.45, 2.75) is 43.1 Å². The molecule has 9 heteroatoms. The zero-order chi connectivity index (χ0) is 20.5. The fourth-order valence-electron chi connectivity index (χ4n) is 3.66. The van der Waals surface area contributed by atoms with Crippen molar-refractivity contribution in [2.24, 2.45) is 11.1 Å². The number of aryl methyl sites for hydroxylation is 1. The maximum atomic E-state index is 14.1. The number of nitrogens with one attached hydrogen (secondary N) is 1. The number of aromatic nitrogens is 1. The molecule has 0 aliphatic heterocycles. The predicted octanol–water partition coefficient (Wildman–Crippen LogP) is 3.20. The molecule has 0 bridgehead atoms. The van der Waals surface area contributed by atoms with Crippen LogP contribution in [-0.4, -0.2) is 25.2 Å². The van der Waals surface area contributed by atoms with Crippen LogP contribution in [0.2, 0.25) is 0 Å². The van der Waals surface area contributed by atoms with Crippen molar-refractivity contribution in [3.8, 4) is 0 Å². The molecule has 2 unspecified atom stereocenters. The minimum atomic E-state index is -4.05. The van der Waals surface area contributed by atoms with E-state index in [9.17, 15) is 22.0 Å². The number of primary sulfonamides is 1. The third kappa shape index (κ3) is 4.53. The van der Waals surface area contributed by atoms with Gasteiger partial charge in [0.15, 0.2) is 5.03 Å². The molecular weight excluding hydrogens is 388 g/mol. The van der Waals surface area contributed by atoms with E-state index in [-0.39, 0.29) is 24.4 Å². The van der Waals surface area contributed by atoms with Gasteiger partial charge in [0.2, 0.25) is 11.8 Å². The second-order valence-corrected chi connectivity index (χ2v) is 8.59. The van der Waals surface area contributed by atoms with E-state index in [1.54, 1.807) is 0 Å². The average molecular weight is 409 g/mol. The quantitative estimate of drug-likeness (QED) is 0.809. The number of halogens is 2. The van der Waals surface area contributed by atoms with Crippen LogP contribution in [-0.2, 0) is 14.8 Å². The van der Waals surface area contributed by atoms with Gasteiger partial charge in [-0.1, -0.05) is 24.3 Å². The third-order valence-electron chi connectivity index (χ3n) is 5.04. The SMILES string of the molecule is Cc1ccccc1C1CCC(F)(F)CC1C(=O)Nc1ccnc(S(N)(=O)=O)c1. The summed E-state index contributed by atoms with van der Waals surface area (Å²) >= 11 is 0. The molecule has 0 saturated heterocycles. The molecular formula is C19H21F2N3O3S. The second kappa shape index (κ2) is 7.56. The Morgan fingerprint density at radius 2 is 2.00 bits per heavy atom. The summed E-state index contributed by atoms with van der Waals surface area (Å²) in [6.07, 6.45) is 0.532. The topological polar surface area (TPSA) is 102 Å². The fourth-order valence-corrected chi connectivity index (χ4v) is 4.16. The zero-order valence-electron chi connectivity index (χ0n) is 15.2. The van der Waals surface area contributed by atoms with Gasteiger partial charge in [0.1, 0.15) is 0 Å². The zero-order valence-corrected chi connectivity index (χ0v) is 16.0. The molecule has 2 atom stereocenters. The number of alkyl halides is 2. The molecule has 1 saturated carbocycles. The lowest BCUT2D eigenvalue weighted by molar-refractivity contribution is -0.128. The molecule has 1 heterocycles. The van der Waals surface area contributed by atoms with E-state index < -0.39 is 39.2 Å². The van der Waals surface area contributed by atoms with Crippen LogP contribution in [0.3, 0.4) is 0 Å². The number of hydrogen-bond donors (Lipinski definition) is 2. The number of hydrogen-bond acceptors (Lipinski definition) is 4. The number of benzene rings is 1. The van der Waals surface area contributed by atoms with Gasteiger partial charge in [0.25, 0.3) is 10.0 Å². The lowest BCUT2D eigenvalue weighted by Crippen LogP contribution is -2.38. The number of carbonyl (C=O) groups excluding carboxylic acids is 1. The Bertz CT molecular complexity index is 995. The summed E-state index contributed by atoms with van der Waals surface area (Å²) in [6, 6.07) is 9.92. The fraction of sp³-hybridized carbons (Fsp3) is 0.368. The van der Waals surface area contributed by atoms with E-state index in [0.29, 0.717) is 0 Å². The largest absolute Gasteiger partial charge is 0.326 e. The summed E-state index contributed by atoms with van der Waals surface area (Å²) in [6.45, 7) is 1.89. The standard InChI is InChI=1S/C19H21F2N3O3S/c1-12-4-2-3-5-14(12)15-6-8-19(20,21)11-16(15)18(25)24-13-7-9-23-17(10-13)28(22,26)27/h2-5,7,9-10,15-16H,6,8,11H2,1H3,(H2,22,26,27)(H,23,24,25). The number of amides is 1. The summed E-state index contributed by atoms with van der Waals surface area (Å²) in [4.78, 5) is 16.5. The Kier molecular flexibility index (Phi) is 5.49. The molecule has 2 aromatic rings. The number of sulfonamides is 1. The molecule has 3 rings (SSSR count). The van der Waals surface area contributed by atoms with Crippen molar-refractivity contribution < 1.29 is 22.0 Å². The van der Waals surface area contributed by atoms with Gasteiger partial charge < -0.3 is 5.32 Å². The van der Waals surface area contributed by atoms with Crippen molar-refractivity contribution in [3.05, 3.63) is 53.7 Å². The van der Waals surface area contributed by atoms with E-state index in [4.69, 9.17) is 5.14 Å². The Balaban J connectivity index is 1.89. The minimum Gasteiger partial charge on any atom is -0.326 e. The number of pyridine rings is 1. The molecule has 0 spiro atoms. The first-order valence-corrected chi connectivity index (χ1v) is 10.3. The molecule has 1 aliphatic rings. The van der Waals surface area contributed by atoms with Gasteiger partial charge in [-0.2, -0.15) is 0 Å². The molecule has 1 aromatic heterocycles. The normalized spacial score (nSPS) is 21.9. The molecule has 6 nitrogen and oxygen atoms in total. The van der Waals surface area contributed by atoms with Crippen LogP contribution in [0.4, 0.5) is 14.5 Å². The second-order valence-electron chi connectivity index (χ2n) is 7.09. The van der Waals surface area contributed by atoms with E-state index in [1.807, 2.05) is 31.2 Å². The van der Waals surface area contributed by atoms with E-state index in [2.05, 4.69) is 10.3 Å². The molecule has 150 valence electrons. The van der Waals surface area contributed by atoms with Crippen LogP contribution >= 0.6 is 0 Å². The van der Waals surface area contributed by atoms with E-state index >= 15 is 0 Å². The highest BCUT2D eigenvalue weighted by Crippen LogP contribution is 2.46. The number of rotatable bonds is 4. The van der Waals surface area contributed by atoms with Gasteiger partial charge in [0, 0.05) is 30.8 Å². The van der Waals surface area contributed by atoms with E-state index in [1.165, 1.54) is 12.3 Å². The van der Waals surface area contributed by atoms with Gasteiger partial charge in [-0.15, -0.1) is 0 Å². The highest BCUT2D eigenvalue weighted by atomic mass is 32.2. The molecule has 3 N–H and O–H groups in total. The monoisotopic (exact) mass is 409 g/mol. The van der Waals surface area contributed by atoms with Gasteiger partial charge in [-0.05, 0) is 36.5 Å². The first-order valence-electron chi connectivity index (χ1n) is 8.80. The van der Waals surface area contributed by atoms with Crippen molar-refractivity contribution in [3.63, 3.8) is 0 Å². The van der Waals surface area contributed by atoms with Gasteiger partial charge in [0.05, 0.1) is 5.92 Å². The summed E-state index contributed by atoms with van der Waals surface area (Å²) in [5.74, 6) is -4.80. The first kappa shape index (κ1) is 20.3. The summed E-state index contributed by atoms with van der Waals surface area (Å²) in [5.41, 5.74) is 1.95. The van der Waals surface area contributed by atoms with Crippen LogP contribution in [0.5, 0.6) is 0 Å². The highest BCUT2D eigenvalue weighted by Gasteiger charge is 2.45. The summed E-state index contributed by atoms with van der Waals surface area (Å²) in [7, 11) is -4.05. The van der Waals surface area contributed by atoms with E-state index in [0.717, 1.165) is 17.2 Å². The van der Waals surface area contributed by atoms with Crippen LogP contribution in [0, 0.1) is 12.8 Å². The number of carbonyl (C=O) groups is 1. The van der Waals surface area contributed by atoms with Crippen molar-refractivity contribution in [1.29, 1.82) is 0 Å². The molecule has 1 aromatic carbocycles. The number of nitrogens with two attached hydrogens (primary N) is 1. The molecule has 1 fully saturated rings. The average Bonchev–Trinajstić information content (AvgIpc) is 2.61. The summed E-state index contributed by atoms with van der Waals surface area (Å²) in [5, 5.41) is 7.19. The lowest BCUT2D eigenvalue weighted by atomic mass is 9.72. The molecule has 0 radical (unpaired) electrons. The maximum Gasteiger partial charge on any atom is 0.255 e. The van der Waals surface area contributed by atoms with Gasteiger partial charge in [-0.3, -0.25) is 4.79 Å². The van der Waals surface area contributed by atoms with Crippen LogP contribution in [0.1, 0.15) is 36.3 Å². The van der Waals surface area contributed by atoms with Crippen LogP contribution in [0.15, 0.2) is 47.6 Å². The molecule has 1 amide bonds. The van der Waals surface area contributed by atoms with Crippen molar-refractivity contribution >= 4 is 21.6 Å². The smallest absolute Gasteiger partial charge is 0.255 e. The highest BCUT2D eigenvalue weighted by molar-refractivity contribution is 7.89. The van der Waals surface area contributed by atoms with Gasteiger partial charge in [-0.25, -0.2) is 27.3 Å². The Morgan fingerprint density at radius 3 is 2.68 bits per heavy atom. The van der Waals surface area contributed by atoms with Crippen molar-refractivity contribution in [1.82, 2.24) is 4.98 Å². The number of nitrogens with zero attached hydrogens (tertiary/aromatic N) is 1. The maximum absolute atomic E-state index is 14.1. The Hall–Kier alpha value is -2.39. The first-order chi connectivity index (χ1) is 13.1. The molecule has 1 aliphatic carbocycles.